The molecule has 136 valence electrons. The number of nitriles is 1. The van der Waals surface area contributed by atoms with Crippen LogP contribution in [0.5, 0.6) is 0 Å². The molecule has 0 saturated carbocycles. The number of hydrogen-bond acceptors (Lipinski definition) is 5. The molecule has 0 fully saturated rings. The van der Waals surface area contributed by atoms with E-state index in [4.69, 9.17) is 13.3 Å². The summed E-state index contributed by atoms with van der Waals surface area (Å²) in [6.45, 7) is 0. The van der Waals surface area contributed by atoms with Crippen LogP contribution in [0.3, 0.4) is 0 Å². The molecule has 0 atom stereocenters. The Balaban J connectivity index is 1.77. The summed E-state index contributed by atoms with van der Waals surface area (Å²) in [6.07, 6.45) is 6.58. The lowest BCUT2D eigenvalue weighted by atomic mass is 10.1. The average molecular weight is 433 g/mol. The van der Waals surface area contributed by atoms with E-state index in [1.165, 1.54) is 12.5 Å². The molecule has 4 aromatic rings. The molecule has 0 spiro atoms. The van der Waals surface area contributed by atoms with Gasteiger partial charge in [0.05, 0.1) is 18.1 Å². The SMILES string of the molecule is N#Cc1c(N=CC(Br)=Cc2ccccc2)oc(-c2ccco2)c1-c1ccco1. The molecule has 0 radical (unpaired) electrons. The molecular formula is C22H13BrN2O3. The lowest BCUT2D eigenvalue weighted by molar-refractivity contribution is 0.527. The van der Waals surface area contributed by atoms with E-state index in [0.29, 0.717) is 22.8 Å². The third kappa shape index (κ3) is 3.61. The van der Waals surface area contributed by atoms with E-state index in [-0.39, 0.29) is 11.4 Å². The first kappa shape index (κ1) is 17.8. The van der Waals surface area contributed by atoms with E-state index < -0.39 is 0 Å². The van der Waals surface area contributed by atoms with E-state index in [0.717, 1.165) is 10.0 Å². The van der Waals surface area contributed by atoms with Crippen molar-refractivity contribution in [2.24, 2.45) is 4.99 Å². The van der Waals surface area contributed by atoms with Crippen LogP contribution >= 0.6 is 15.9 Å². The number of rotatable bonds is 5. The monoisotopic (exact) mass is 432 g/mol. The minimum atomic E-state index is 0.179. The summed E-state index contributed by atoms with van der Waals surface area (Å²) < 4.78 is 17.6. The average Bonchev–Trinajstić information content (AvgIpc) is 3.46. The summed E-state index contributed by atoms with van der Waals surface area (Å²) >= 11 is 3.47. The molecule has 1 aromatic carbocycles. The Bertz CT molecular complexity index is 1160. The molecule has 28 heavy (non-hydrogen) atoms. The van der Waals surface area contributed by atoms with E-state index in [9.17, 15) is 5.26 Å². The highest BCUT2D eigenvalue weighted by Gasteiger charge is 2.25. The van der Waals surface area contributed by atoms with Crippen molar-refractivity contribution < 1.29 is 13.3 Å². The van der Waals surface area contributed by atoms with Crippen molar-refractivity contribution in [1.82, 2.24) is 0 Å². The number of nitrogens with zero attached hydrogens (tertiary/aromatic N) is 2. The van der Waals surface area contributed by atoms with Crippen LogP contribution in [0.4, 0.5) is 5.88 Å². The molecular weight excluding hydrogens is 420 g/mol. The Labute approximate surface area is 169 Å². The lowest BCUT2D eigenvalue weighted by Gasteiger charge is -1.96. The summed E-state index contributed by atoms with van der Waals surface area (Å²) in [5.41, 5.74) is 1.81. The van der Waals surface area contributed by atoms with Crippen LogP contribution in [0.1, 0.15) is 11.1 Å². The molecule has 4 rings (SSSR count). The molecule has 3 heterocycles. The van der Waals surface area contributed by atoms with Crippen LogP contribution in [-0.4, -0.2) is 6.21 Å². The number of aliphatic imine (C=N–C) groups is 1. The number of benzene rings is 1. The van der Waals surface area contributed by atoms with Crippen LogP contribution in [-0.2, 0) is 0 Å². The van der Waals surface area contributed by atoms with Crippen LogP contribution in [0.15, 0.2) is 89.8 Å². The highest BCUT2D eigenvalue weighted by atomic mass is 79.9. The molecule has 3 aromatic heterocycles. The van der Waals surface area contributed by atoms with E-state index in [1.807, 2.05) is 36.4 Å². The lowest BCUT2D eigenvalue weighted by Crippen LogP contribution is -1.80. The van der Waals surface area contributed by atoms with Gasteiger partial charge in [0.2, 0.25) is 5.88 Å². The normalized spacial score (nSPS) is 11.8. The first-order valence-corrected chi connectivity index (χ1v) is 9.16. The maximum absolute atomic E-state index is 9.73. The van der Waals surface area contributed by atoms with Gasteiger partial charge in [-0.05, 0) is 51.8 Å². The molecule has 0 N–H and O–H groups in total. The molecule has 6 heteroatoms. The van der Waals surface area contributed by atoms with Gasteiger partial charge in [0.1, 0.15) is 17.4 Å². The molecule has 0 aliphatic heterocycles. The Hall–Kier alpha value is -3.56. The zero-order valence-corrected chi connectivity index (χ0v) is 16.1. The molecule has 0 saturated heterocycles. The topological polar surface area (TPSA) is 75.6 Å². The second-order valence-corrected chi connectivity index (χ2v) is 6.67. The summed E-state index contributed by atoms with van der Waals surface area (Å²) in [4.78, 5) is 4.36. The van der Waals surface area contributed by atoms with Crippen molar-refractivity contribution in [2.45, 2.75) is 0 Å². The Morgan fingerprint density at radius 1 is 0.964 bits per heavy atom. The predicted octanol–water partition coefficient (Wildman–Crippen LogP) is 6.81. The van der Waals surface area contributed by atoms with Gasteiger partial charge in [-0.3, -0.25) is 0 Å². The first-order chi connectivity index (χ1) is 13.8. The van der Waals surface area contributed by atoms with Crippen molar-refractivity contribution in [3.05, 3.63) is 82.7 Å². The fourth-order valence-corrected chi connectivity index (χ4v) is 3.08. The number of allylic oxidation sites excluding steroid dienone is 1. The highest BCUT2D eigenvalue weighted by molar-refractivity contribution is 9.12. The summed E-state index contributed by atoms with van der Waals surface area (Å²) in [7, 11) is 0. The van der Waals surface area contributed by atoms with Crippen molar-refractivity contribution in [3.8, 4) is 28.9 Å². The first-order valence-electron chi connectivity index (χ1n) is 8.37. The van der Waals surface area contributed by atoms with E-state index >= 15 is 0 Å². The molecule has 0 aliphatic rings. The number of halogens is 1. The quantitative estimate of drug-likeness (QED) is 0.324. The van der Waals surface area contributed by atoms with Crippen molar-refractivity contribution >= 4 is 34.1 Å². The highest BCUT2D eigenvalue weighted by Crippen LogP contribution is 2.42. The zero-order valence-electron chi connectivity index (χ0n) is 14.5. The smallest absolute Gasteiger partial charge is 0.238 e. The zero-order chi connectivity index (χ0) is 19.3. The maximum atomic E-state index is 9.73. The fourth-order valence-electron chi connectivity index (χ4n) is 2.72. The van der Waals surface area contributed by atoms with Gasteiger partial charge in [-0.25, -0.2) is 4.99 Å². The van der Waals surface area contributed by atoms with Crippen molar-refractivity contribution in [2.75, 3.05) is 0 Å². The minimum absolute atomic E-state index is 0.179. The van der Waals surface area contributed by atoms with Crippen molar-refractivity contribution in [3.63, 3.8) is 0 Å². The standard InChI is InChI=1S/C22H13BrN2O3/c23-16(12-15-6-2-1-3-7-15)14-25-22-17(13-24)20(18-8-4-10-26-18)21(28-22)19-9-5-11-27-19/h1-12,14H. The maximum Gasteiger partial charge on any atom is 0.238 e. The summed E-state index contributed by atoms with van der Waals surface area (Å²) in [6, 6.07) is 19.0. The van der Waals surface area contributed by atoms with Crippen LogP contribution in [0.25, 0.3) is 28.9 Å². The van der Waals surface area contributed by atoms with E-state index in [2.05, 4.69) is 27.0 Å². The fraction of sp³-hybridized carbons (Fsp3) is 0. The van der Waals surface area contributed by atoms with E-state index in [1.54, 1.807) is 30.5 Å². The van der Waals surface area contributed by atoms with Gasteiger partial charge in [-0.2, -0.15) is 5.26 Å². The third-order valence-corrected chi connectivity index (χ3v) is 4.36. The third-order valence-electron chi connectivity index (χ3n) is 3.92. The van der Waals surface area contributed by atoms with Crippen LogP contribution < -0.4 is 0 Å². The Morgan fingerprint density at radius 2 is 1.68 bits per heavy atom. The molecule has 0 amide bonds. The van der Waals surface area contributed by atoms with Gasteiger partial charge >= 0.3 is 0 Å². The van der Waals surface area contributed by atoms with Gasteiger partial charge in [-0.15, -0.1) is 0 Å². The summed E-state index contributed by atoms with van der Waals surface area (Å²) in [5, 5.41) is 9.73. The van der Waals surface area contributed by atoms with Crippen molar-refractivity contribution in [1.29, 1.82) is 5.26 Å². The molecule has 5 nitrogen and oxygen atoms in total. The number of furan rings is 3. The Morgan fingerprint density at radius 3 is 2.32 bits per heavy atom. The predicted molar refractivity (Wildman–Crippen MR) is 110 cm³/mol. The van der Waals surface area contributed by atoms with Gasteiger partial charge < -0.3 is 13.3 Å². The van der Waals surface area contributed by atoms with Gasteiger partial charge in [0.25, 0.3) is 0 Å². The molecule has 0 aliphatic carbocycles. The number of hydrogen-bond donors (Lipinski definition) is 0. The summed E-state index contributed by atoms with van der Waals surface area (Å²) in [5.74, 6) is 1.57. The second-order valence-electron chi connectivity index (χ2n) is 5.75. The molecule has 0 bridgehead atoms. The largest absolute Gasteiger partial charge is 0.464 e. The van der Waals surface area contributed by atoms with Crippen LogP contribution in [0, 0.1) is 11.3 Å². The van der Waals surface area contributed by atoms with Gasteiger partial charge in [0, 0.05) is 10.7 Å². The van der Waals surface area contributed by atoms with Crippen LogP contribution in [0.2, 0.25) is 0 Å². The molecule has 0 unspecified atom stereocenters. The Kier molecular flexibility index (Phi) is 5.09. The van der Waals surface area contributed by atoms with Gasteiger partial charge in [0.15, 0.2) is 11.5 Å². The minimum Gasteiger partial charge on any atom is -0.464 e. The second kappa shape index (κ2) is 7.99. The van der Waals surface area contributed by atoms with Gasteiger partial charge in [-0.1, -0.05) is 30.3 Å².